The van der Waals surface area contributed by atoms with Crippen LogP contribution in [0.2, 0.25) is 0 Å². The van der Waals surface area contributed by atoms with Crippen molar-refractivity contribution in [1.82, 2.24) is 10.4 Å². The predicted octanol–water partition coefficient (Wildman–Crippen LogP) is 0.612. The van der Waals surface area contributed by atoms with E-state index in [1.807, 2.05) is 0 Å². The average molecular weight is 186 g/mol. The molecule has 1 saturated heterocycles. The highest BCUT2D eigenvalue weighted by Gasteiger charge is 2.25. The summed E-state index contributed by atoms with van der Waals surface area (Å²) in [7, 11) is 0. The van der Waals surface area contributed by atoms with Gasteiger partial charge in [0.2, 0.25) is 5.91 Å². The van der Waals surface area contributed by atoms with Crippen molar-refractivity contribution in [3.05, 3.63) is 0 Å². The summed E-state index contributed by atoms with van der Waals surface area (Å²) in [6.45, 7) is 6.23. The van der Waals surface area contributed by atoms with Crippen molar-refractivity contribution in [1.29, 1.82) is 0 Å². The quantitative estimate of drug-likeness (QED) is 0.491. The van der Waals surface area contributed by atoms with Crippen LogP contribution in [0.5, 0.6) is 0 Å². The van der Waals surface area contributed by atoms with E-state index in [9.17, 15) is 4.79 Å². The van der Waals surface area contributed by atoms with E-state index < -0.39 is 0 Å². The number of amides is 1. The molecule has 0 spiro atoms. The fourth-order valence-corrected chi connectivity index (χ4v) is 1.77. The van der Waals surface area contributed by atoms with E-state index in [-0.39, 0.29) is 11.8 Å². The zero-order valence-electron chi connectivity index (χ0n) is 8.29. The highest BCUT2D eigenvalue weighted by molar-refractivity contribution is 5.77. The number of hydrogen-bond donors (Lipinski definition) is 2. The Balaban J connectivity index is 2.34. The van der Waals surface area contributed by atoms with Crippen LogP contribution in [0.3, 0.4) is 0 Å². The summed E-state index contributed by atoms with van der Waals surface area (Å²) < 4.78 is 0. The number of hydroxylamine groups is 1. The minimum atomic E-state index is -0.233. The summed E-state index contributed by atoms with van der Waals surface area (Å²) in [6.07, 6.45) is 1.70. The Hall–Kier alpha value is -0.610. The zero-order chi connectivity index (χ0) is 9.84. The highest BCUT2D eigenvalue weighted by Crippen LogP contribution is 2.18. The number of piperidine rings is 1. The molecule has 2 N–H and O–H groups in total. The van der Waals surface area contributed by atoms with Gasteiger partial charge in [-0.1, -0.05) is 0 Å². The minimum Gasteiger partial charge on any atom is -0.301 e. The smallest absolute Gasteiger partial charge is 0.246 e. The van der Waals surface area contributed by atoms with Crippen LogP contribution in [-0.2, 0) is 4.79 Å². The molecule has 0 aromatic carbocycles. The largest absolute Gasteiger partial charge is 0.301 e. The third-order valence-electron chi connectivity index (χ3n) is 2.74. The molecule has 76 valence electrons. The van der Waals surface area contributed by atoms with Gasteiger partial charge in [0.1, 0.15) is 0 Å². The first kappa shape index (κ1) is 10.5. The van der Waals surface area contributed by atoms with E-state index in [1.165, 1.54) is 0 Å². The molecule has 1 amide bonds. The van der Waals surface area contributed by atoms with E-state index in [4.69, 9.17) is 5.21 Å². The minimum absolute atomic E-state index is 0.000000000000000444. The van der Waals surface area contributed by atoms with Crippen molar-refractivity contribution >= 4 is 5.91 Å². The number of likely N-dealkylation sites (tertiary alicyclic amines) is 1. The Bertz CT molecular complexity index is 174. The second-order valence-electron chi connectivity index (χ2n) is 3.88. The molecule has 0 atom stereocenters. The first-order chi connectivity index (χ1) is 6.15. The molecule has 1 heterocycles. The normalized spacial score (nSPS) is 20.6. The highest BCUT2D eigenvalue weighted by atomic mass is 16.5. The second-order valence-corrected chi connectivity index (χ2v) is 3.88. The van der Waals surface area contributed by atoms with Crippen molar-refractivity contribution in [3.63, 3.8) is 0 Å². The number of nitrogens with zero attached hydrogens (tertiary/aromatic N) is 1. The van der Waals surface area contributed by atoms with Crippen LogP contribution in [0, 0.1) is 5.92 Å². The molecule has 1 rings (SSSR count). The van der Waals surface area contributed by atoms with Gasteiger partial charge in [-0.25, -0.2) is 5.48 Å². The van der Waals surface area contributed by atoms with E-state index in [0.717, 1.165) is 25.9 Å². The lowest BCUT2D eigenvalue weighted by Crippen LogP contribution is -2.42. The van der Waals surface area contributed by atoms with Gasteiger partial charge in [0.25, 0.3) is 0 Å². The van der Waals surface area contributed by atoms with Gasteiger partial charge < -0.3 is 4.90 Å². The first-order valence-corrected chi connectivity index (χ1v) is 4.83. The fourth-order valence-electron chi connectivity index (χ4n) is 1.77. The molecule has 1 fully saturated rings. The molecule has 0 unspecified atom stereocenters. The molecule has 0 bridgehead atoms. The summed E-state index contributed by atoms with van der Waals surface area (Å²) in [4.78, 5) is 13.4. The van der Waals surface area contributed by atoms with Crippen molar-refractivity contribution in [2.24, 2.45) is 5.92 Å². The number of hydrogen-bond acceptors (Lipinski definition) is 3. The van der Waals surface area contributed by atoms with Crippen LogP contribution < -0.4 is 5.48 Å². The van der Waals surface area contributed by atoms with Gasteiger partial charge in [-0.15, -0.1) is 0 Å². The maximum absolute atomic E-state index is 11.1. The van der Waals surface area contributed by atoms with Crippen molar-refractivity contribution in [3.8, 4) is 0 Å². The topological polar surface area (TPSA) is 52.6 Å². The van der Waals surface area contributed by atoms with Crippen molar-refractivity contribution in [2.75, 3.05) is 13.1 Å². The Labute approximate surface area is 78.9 Å². The third-order valence-corrected chi connectivity index (χ3v) is 2.74. The Morgan fingerprint density at radius 1 is 1.46 bits per heavy atom. The molecular weight excluding hydrogens is 168 g/mol. The van der Waals surface area contributed by atoms with Crippen molar-refractivity contribution < 1.29 is 10.0 Å². The second kappa shape index (κ2) is 4.58. The van der Waals surface area contributed by atoms with Gasteiger partial charge in [-0.2, -0.15) is 0 Å². The monoisotopic (exact) mass is 186 g/mol. The van der Waals surface area contributed by atoms with Crippen LogP contribution >= 0.6 is 0 Å². The number of carbonyl (C=O) groups excluding carboxylic acids is 1. The molecule has 0 radical (unpaired) electrons. The van der Waals surface area contributed by atoms with Gasteiger partial charge in [0.15, 0.2) is 0 Å². The summed E-state index contributed by atoms with van der Waals surface area (Å²) >= 11 is 0. The number of rotatable bonds is 2. The molecule has 0 aromatic heterocycles. The SMILES string of the molecule is CC(C)N1CCC(C(=O)NO)CC1. The van der Waals surface area contributed by atoms with E-state index in [2.05, 4.69) is 18.7 Å². The molecule has 4 nitrogen and oxygen atoms in total. The molecule has 13 heavy (non-hydrogen) atoms. The van der Waals surface area contributed by atoms with Gasteiger partial charge >= 0.3 is 0 Å². The van der Waals surface area contributed by atoms with Gasteiger partial charge in [0.05, 0.1) is 0 Å². The Morgan fingerprint density at radius 2 is 2.00 bits per heavy atom. The molecule has 4 heteroatoms. The number of nitrogens with one attached hydrogen (secondary N) is 1. The Kier molecular flexibility index (Phi) is 3.69. The van der Waals surface area contributed by atoms with Gasteiger partial charge in [0, 0.05) is 12.0 Å². The lowest BCUT2D eigenvalue weighted by molar-refractivity contribution is -0.135. The van der Waals surface area contributed by atoms with Gasteiger partial charge in [-0.3, -0.25) is 10.0 Å². The Morgan fingerprint density at radius 3 is 2.38 bits per heavy atom. The van der Waals surface area contributed by atoms with Gasteiger partial charge in [-0.05, 0) is 39.8 Å². The maximum atomic E-state index is 11.1. The molecular formula is C9H18N2O2. The maximum Gasteiger partial charge on any atom is 0.246 e. The van der Waals surface area contributed by atoms with Crippen LogP contribution in [0.4, 0.5) is 0 Å². The average Bonchev–Trinajstić information content (AvgIpc) is 2.17. The summed E-state index contributed by atoms with van der Waals surface area (Å²) in [5, 5.41) is 8.45. The lowest BCUT2D eigenvalue weighted by atomic mass is 9.95. The summed E-state index contributed by atoms with van der Waals surface area (Å²) in [5.41, 5.74) is 1.72. The summed E-state index contributed by atoms with van der Waals surface area (Å²) in [6, 6.07) is 0.554. The van der Waals surface area contributed by atoms with Crippen LogP contribution in [-0.4, -0.2) is 35.1 Å². The molecule has 1 aliphatic heterocycles. The fraction of sp³-hybridized carbons (Fsp3) is 0.889. The van der Waals surface area contributed by atoms with Crippen molar-refractivity contribution in [2.45, 2.75) is 32.7 Å². The van der Waals surface area contributed by atoms with E-state index in [0.29, 0.717) is 6.04 Å². The van der Waals surface area contributed by atoms with Crippen LogP contribution in [0.1, 0.15) is 26.7 Å². The third kappa shape index (κ3) is 2.67. The summed E-state index contributed by atoms with van der Waals surface area (Å²) in [5.74, 6) is -0.233. The first-order valence-electron chi connectivity index (χ1n) is 4.83. The molecule has 0 aromatic rings. The molecule has 0 saturated carbocycles. The van der Waals surface area contributed by atoms with E-state index >= 15 is 0 Å². The number of carbonyl (C=O) groups is 1. The van der Waals surface area contributed by atoms with E-state index in [1.54, 1.807) is 5.48 Å². The predicted molar refractivity (Wildman–Crippen MR) is 49.4 cm³/mol. The van der Waals surface area contributed by atoms with Crippen LogP contribution in [0.25, 0.3) is 0 Å². The standard InChI is InChI=1S/C9H18N2O2/c1-7(2)11-5-3-8(4-6-11)9(12)10-13/h7-8,13H,3-6H2,1-2H3,(H,10,12). The molecule has 1 aliphatic rings. The lowest BCUT2D eigenvalue weighted by Gasteiger charge is -2.33. The van der Waals surface area contributed by atoms with Crippen LogP contribution in [0.15, 0.2) is 0 Å². The molecule has 0 aliphatic carbocycles. The zero-order valence-corrected chi connectivity index (χ0v) is 8.29.